The van der Waals surface area contributed by atoms with Gasteiger partial charge in [0.2, 0.25) is 0 Å². The van der Waals surface area contributed by atoms with E-state index in [0.29, 0.717) is 24.7 Å². The number of para-hydroxylation sites is 2. The average Bonchev–Trinajstić information content (AvgIpc) is 2.42. The largest absolute Gasteiger partial charge is 0.490 e. The van der Waals surface area contributed by atoms with E-state index >= 15 is 0 Å². The van der Waals surface area contributed by atoms with Gasteiger partial charge in [0.25, 0.3) is 0 Å². The molecule has 1 heterocycles. The molecule has 18 heavy (non-hydrogen) atoms. The molecule has 0 aliphatic rings. The molecule has 0 bridgehead atoms. The molecule has 4 heteroatoms. The van der Waals surface area contributed by atoms with Gasteiger partial charge in [-0.2, -0.15) is 0 Å². The highest BCUT2D eigenvalue weighted by Crippen LogP contribution is 2.30. The Morgan fingerprint density at radius 2 is 1.89 bits per heavy atom. The van der Waals surface area contributed by atoms with E-state index in [-0.39, 0.29) is 0 Å². The monoisotopic (exact) mass is 244 g/mol. The number of hydrogen-bond acceptors (Lipinski definition) is 4. The van der Waals surface area contributed by atoms with Crippen LogP contribution < -0.4 is 15.2 Å². The molecule has 0 saturated heterocycles. The molecular formula is C14H16N2O2. The van der Waals surface area contributed by atoms with Crippen LogP contribution in [0, 0.1) is 0 Å². The van der Waals surface area contributed by atoms with Crippen molar-refractivity contribution >= 4 is 0 Å². The SMILES string of the molecule is CCOc1ccccc1Oc1ccc(CN)nc1. The van der Waals surface area contributed by atoms with Crippen molar-refractivity contribution in [2.45, 2.75) is 13.5 Å². The first kappa shape index (κ1) is 12.4. The van der Waals surface area contributed by atoms with Crippen LogP contribution in [-0.2, 0) is 6.54 Å². The van der Waals surface area contributed by atoms with E-state index < -0.39 is 0 Å². The molecule has 0 saturated carbocycles. The molecule has 2 N–H and O–H groups in total. The van der Waals surface area contributed by atoms with Gasteiger partial charge in [-0.3, -0.25) is 4.98 Å². The minimum absolute atomic E-state index is 0.426. The van der Waals surface area contributed by atoms with Gasteiger partial charge in [0.1, 0.15) is 5.75 Å². The van der Waals surface area contributed by atoms with Gasteiger partial charge in [-0.25, -0.2) is 0 Å². The van der Waals surface area contributed by atoms with Crippen molar-refractivity contribution in [2.24, 2.45) is 5.73 Å². The molecule has 0 aliphatic heterocycles. The Bertz CT molecular complexity index is 497. The summed E-state index contributed by atoms with van der Waals surface area (Å²) in [6, 6.07) is 11.2. The summed E-state index contributed by atoms with van der Waals surface area (Å²) in [4.78, 5) is 4.18. The number of ether oxygens (including phenoxy) is 2. The number of hydrogen-bond donors (Lipinski definition) is 1. The highest BCUT2D eigenvalue weighted by atomic mass is 16.5. The van der Waals surface area contributed by atoms with Crippen LogP contribution in [0.25, 0.3) is 0 Å². The second-order valence-corrected chi connectivity index (χ2v) is 3.67. The molecule has 0 fully saturated rings. The van der Waals surface area contributed by atoms with Gasteiger partial charge in [-0.05, 0) is 31.2 Å². The van der Waals surface area contributed by atoms with Gasteiger partial charge < -0.3 is 15.2 Å². The van der Waals surface area contributed by atoms with Crippen molar-refractivity contribution in [3.63, 3.8) is 0 Å². The molecule has 1 aromatic heterocycles. The van der Waals surface area contributed by atoms with Crippen LogP contribution in [0.3, 0.4) is 0 Å². The van der Waals surface area contributed by atoms with E-state index in [1.165, 1.54) is 0 Å². The summed E-state index contributed by atoms with van der Waals surface area (Å²) in [7, 11) is 0. The minimum Gasteiger partial charge on any atom is -0.490 e. The third kappa shape index (κ3) is 2.99. The van der Waals surface area contributed by atoms with Crippen LogP contribution in [0.2, 0.25) is 0 Å². The Kier molecular flexibility index (Phi) is 4.15. The van der Waals surface area contributed by atoms with Crippen molar-refractivity contribution in [3.8, 4) is 17.2 Å². The van der Waals surface area contributed by atoms with Crippen molar-refractivity contribution in [2.75, 3.05) is 6.61 Å². The zero-order valence-electron chi connectivity index (χ0n) is 10.3. The van der Waals surface area contributed by atoms with E-state index in [1.807, 2.05) is 43.3 Å². The molecule has 0 atom stereocenters. The van der Waals surface area contributed by atoms with Gasteiger partial charge in [0, 0.05) is 6.54 Å². The highest BCUT2D eigenvalue weighted by Gasteiger charge is 2.05. The fraction of sp³-hybridized carbons (Fsp3) is 0.214. The molecule has 0 amide bonds. The van der Waals surface area contributed by atoms with Gasteiger partial charge in [-0.1, -0.05) is 12.1 Å². The standard InChI is InChI=1S/C14H16N2O2/c1-2-17-13-5-3-4-6-14(13)18-12-8-7-11(9-15)16-10-12/h3-8,10H,2,9,15H2,1H3. The molecule has 1 aromatic carbocycles. The average molecular weight is 244 g/mol. The Morgan fingerprint density at radius 1 is 1.11 bits per heavy atom. The number of nitrogens with zero attached hydrogens (tertiary/aromatic N) is 1. The lowest BCUT2D eigenvalue weighted by molar-refractivity contribution is 0.321. The molecular weight excluding hydrogens is 228 g/mol. The van der Waals surface area contributed by atoms with Crippen LogP contribution in [0.5, 0.6) is 17.2 Å². The number of benzene rings is 1. The lowest BCUT2D eigenvalue weighted by atomic mass is 10.3. The van der Waals surface area contributed by atoms with E-state index in [9.17, 15) is 0 Å². The number of aromatic nitrogens is 1. The first-order valence-electron chi connectivity index (χ1n) is 5.88. The third-order valence-electron chi connectivity index (χ3n) is 2.38. The van der Waals surface area contributed by atoms with Crippen molar-refractivity contribution < 1.29 is 9.47 Å². The van der Waals surface area contributed by atoms with Crippen molar-refractivity contribution in [3.05, 3.63) is 48.3 Å². The Labute approximate surface area is 106 Å². The van der Waals surface area contributed by atoms with Crippen LogP contribution >= 0.6 is 0 Å². The van der Waals surface area contributed by atoms with Gasteiger partial charge in [0.05, 0.1) is 18.5 Å². The molecule has 0 aliphatic carbocycles. The lowest BCUT2D eigenvalue weighted by Gasteiger charge is -2.11. The maximum absolute atomic E-state index is 5.73. The van der Waals surface area contributed by atoms with Crippen LogP contribution in [0.4, 0.5) is 0 Å². The van der Waals surface area contributed by atoms with Crippen molar-refractivity contribution in [1.82, 2.24) is 4.98 Å². The van der Waals surface area contributed by atoms with Crippen LogP contribution in [0.1, 0.15) is 12.6 Å². The normalized spacial score (nSPS) is 10.1. The fourth-order valence-electron chi connectivity index (χ4n) is 1.53. The zero-order valence-corrected chi connectivity index (χ0v) is 10.3. The van der Waals surface area contributed by atoms with E-state index in [4.69, 9.17) is 15.2 Å². The lowest BCUT2D eigenvalue weighted by Crippen LogP contribution is -1.99. The Balaban J connectivity index is 2.17. The summed E-state index contributed by atoms with van der Waals surface area (Å²) in [6.07, 6.45) is 1.66. The second-order valence-electron chi connectivity index (χ2n) is 3.67. The number of rotatable bonds is 5. The summed E-state index contributed by atoms with van der Waals surface area (Å²) in [5, 5.41) is 0. The maximum atomic E-state index is 5.73. The first-order chi connectivity index (χ1) is 8.83. The summed E-state index contributed by atoms with van der Waals surface area (Å²) in [6.45, 7) is 2.97. The molecule has 94 valence electrons. The zero-order chi connectivity index (χ0) is 12.8. The molecule has 0 unspecified atom stereocenters. The molecule has 2 rings (SSSR count). The third-order valence-corrected chi connectivity index (χ3v) is 2.38. The molecule has 2 aromatic rings. The van der Waals surface area contributed by atoms with Gasteiger partial charge >= 0.3 is 0 Å². The number of pyridine rings is 1. The summed E-state index contributed by atoms with van der Waals surface area (Å²) in [5.41, 5.74) is 6.33. The summed E-state index contributed by atoms with van der Waals surface area (Å²) < 4.78 is 11.2. The Morgan fingerprint density at radius 3 is 2.50 bits per heavy atom. The van der Waals surface area contributed by atoms with E-state index in [1.54, 1.807) is 6.20 Å². The molecule has 0 spiro atoms. The highest BCUT2D eigenvalue weighted by molar-refractivity contribution is 5.42. The fourth-order valence-corrected chi connectivity index (χ4v) is 1.53. The quantitative estimate of drug-likeness (QED) is 0.878. The van der Waals surface area contributed by atoms with Crippen molar-refractivity contribution in [1.29, 1.82) is 0 Å². The second kappa shape index (κ2) is 6.02. The van der Waals surface area contributed by atoms with Crippen LogP contribution in [0.15, 0.2) is 42.6 Å². The smallest absolute Gasteiger partial charge is 0.169 e. The Hall–Kier alpha value is -2.07. The summed E-state index contributed by atoms with van der Waals surface area (Å²) >= 11 is 0. The minimum atomic E-state index is 0.426. The summed E-state index contributed by atoms with van der Waals surface area (Å²) in [5.74, 6) is 2.07. The predicted octanol–water partition coefficient (Wildman–Crippen LogP) is 2.73. The maximum Gasteiger partial charge on any atom is 0.169 e. The number of nitrogens with two attached hydrogens (primary N) is 1. The molecule has 0 radical (unpaired) electrons. The van der Waals surface area contributed by atoms with Gasteiger partial charge in [-0.15, -0.1) is 0 Å². The van der Waals surface area contributed by atoms with Gasteiger partial charge in [0.15, 0.2) is 11.5 Å². The first-order valence-corrected chi connectivity index (χ1v) is 5.88. The topological polar surface area (TPSA) is 57.4 Å². The van der Waals surface area contributed by atoms with Crippen LogP contribution in [-0.4, -0.2) is 11.6 Å². The van der Waals surface area contributed by atoms with E-state index in [2.05, 4.69) is 4.98 Å². The van der Waals surface area contributed by atoms with E-state index in [0.717, 1.165) is 11.4 Å². The predicted molar refractivity (Wildman–Crippen MR) is 69.8 cm³/mol. The molecule has 4 nitrogen and oxygen atoms in total.